The summed E-state index contributed by atoms with van der Waals surface area (Å²) in [7, 11) is 0. The molecular weight excluding hydrogens is 208 g/mol. The van der Waals surface area contributed by atoms with Gasteiger partial charge in [-0.3, -0.25) is 0 Å². The molecule has 0 aliphatic rings. The maximum atomic E-state index is 8.64. The number of benzene rings is 1. The second-order valence-corrected chi connectivity index (χ2v) is 4.45. The Kier molecular flexibility index (Phi) is 8.31. The van der Waals surface area contributed by atoms with Gasteiger partial charge in [-0.05, 0) is 24.8 Å². The Hall–Kier alpha value is -1.08. The fraction of sp³-hybridized carbons (Fsp3) is 0.500. The highest BCUT2D eigenvalue weighted by atomic mass is 16.2. The second kappa shape index (κ2) is 10.1. The first-order valence-electron chi connectivity index (χ1n) is 6.76. The SMILES string of the molecule is OCCCCCCCCC=Cc1ccccc1. The van der Waals surface area contributed by atoms with Crippen LogP contribution in [0.4, 0.5) is 0 Å². The molecule has 1 aromatic rings. The van der Waals surface area contributed by atoms with Gasteiger partial charge in [0.1, 0.15) is 0 Å². The molecule has 0 fully saturated rings. The van der Waals surface area contributed by atoms with Gasteiger partial charge in [0.2, 0.25) is 0 Å². The van der Waals surface area contributed by atoms with E-state index in [1.807, 2.05) is 6.07 Å². The van der Waals surface area contributed by atoms with Crippen molar-refractivity contribution in [3.8, 4) is 0 Å². The van der Waals surface area contributed by atoms with Crippen molar-refractivity contribution in [2.24, 2.45) is 0 Å². The van der Waals surface area contributed by atoms with Crippen LogP contribution in [0.2, 0.25) is 0 Å². The Labute approximate surface area is 105 Å². The van der Waals surface area contributed by atoms with Gasteiger partial charge in [-0.25, -0.2) is 0 Å². The van der Waals surface area contributed by atoms with E-state index in [0.29, 0.717) is 6.61 Å². The molecule has 17 heavy (non-hydrogen) atoms. The average Bonchev–Trinajstić information content (AvgIpc) is 2.38. The van der Waals surface area contributed by atoms with Crippen molar-refractivity contribution in [1.82, 2.24) is 0 Å². The summed E-state index contributed by atoms with van der Waals surface area (Å²) in [5.41, 5.74) is 1.29. The van der Waals surface area contributed by atoms with Gasteiger partial charge in [0.25, 0.3) is 0 Å². The van der Waals surface area contributed by atoms with E-state index in [9.17, 15) is 0 Å². The standard InChI is InChI=1S/C16H24O/c17-15-11-6-4-2-1-3-5-8-12-16-13-9-7-10-14-16/h7-10,12-14,17H,1-6,11,15H2. The molecule has 0 radical (unpaired) electrons. The molecule has 0 saturated heterocycles. The van der Waals surface area contributed by atoms with E-state index in [2.05, 4.69) is 36.4 Å². The maximum absolute atomic E-state index is 8.64. The highest BCUT2D eigenvalue weighted by Gasteiger charge is 1.89. The zero-order valence-corrected chi connectivity index (χ0v) is 10.6. The van der Waals surface area contributed by atoms with Crippen LogP contribution in [0.5, 0.6) is 0 Å². The van der Waals surface area contributed by atoms with Gasteiger partial charge in [-0.15, -0.1) is 0 Å². The summed E-state index contributed by atoms with van der Waals surface area (Å²) in [6.45, 7) is 0.347. The third kappa shape index (κ3) is 7.76. The predicted molar refractivity (Wildman–Crippen MR) is 74.9 cm³/mol. The first-order chi connectivity index (χ1) is 8.43. The van der Waals surface area contributed by atoms with Gasteiger partial charge in [0.15, 0.2) is 0 Å². The van der Waals surface area contributed by atoms with E-state index in [-0.39, 0.29) is 0 Å². The molecule has 0 aliphatic heterocycles. The van der Waals surface area contributed by atoms with Crippen LogP contribution < -0.4 is 0 Å². The van der Waals surface area contributed by atoms with E-state index in [1.54, 1.807) is 0 Å². The molecule has 0 aliphatic carbocycles. The predicted octanol–water partition coefficient (Wildman–Crippen LogP) is 4.42. The number of hydrogen-bond donors (Lipinski definition) is 1. The van der Waals surface area contributed by atoms with Crippen LogP contribution in [0, 0.1) is 0 Å². The second-order valence-electron chi connectivity index (χ2n) is 4.45. The largest absolute Gasteiger partial charge is 0.396 e. The Morgan fingerprint density at radius 2 is 1.47 bits per heavy atom. The first-order valence-corrected chi connectivity index (χ1v) is 6.76. The van der Waals surface area contributed by atoms with E-state index >= 15 is 0 Å². The smallest absolute Gasteiger partial charge is 0.0431 e. The lowest BCUT2D eigenvalue weighted by Gasteiger charge is -1.98. The number of unbranched alkanes of at least 4 members (excludes halogenated alkanes) is 6. The van der Waals surface area contributed by atoms with E-state index < -0.39 is 0 Å². The molecule has 0 atom stereocenters. The van der Waals surface area contributed by atoms with Crippen LogP contribution in [0.3, 0.4) is 0 Å². The van der Waals surface area contributed by atoms with Crippen molar-refractivity contribution in [2.75, 3.05) is 6.61 Å². The molecule has 1 nitrogen and oxygen atoms in total. The normalized spacial score (nSPS) is 11.1. The van der Waals surface area contributed by atoms with Gasteiger partial charge in [-0.1, -0.05) is 68.2 Å². The van der Waals surface area contributed by atoms with Crippen molar-refractivity contribution in [1.29, 1.82) is 0 Å². The minimum atomic E-state index is 0.347. The summed E-state index contributed by atoms with van der Waals surface area (Å²) in [5, 5.41) is 8.64. The third-order valence-corrected chi connectivity index (χ3v) is 2.89. The van der Waals surface area contributed by atoms with E-state index in [4.69, 9.17) is 5.11 Å². The topological polar surface area (TPSA) is 20.2 Å². The van der Waals surface area contributed by atoms with Gasteiger partial charge < -0.3 is 5.11 Å². The summed E-state index contributed by atoms with van der Waals surface area (Å²) in [5.74, 6) is 0. The summed E-state index contributed by atoms with van der Waals surface area (Å²) in [4.78, 5) is 0. The molecule has 1 aromatic carbocycles. The molecule has 0 saturated carbocycles. The van der Waals surface area contributed by atoms with Crippen LogP contribution in [0.15, 0.2) is 36.4 Å². The summed E-state index contributed by atoms with van der Waals surface area (Å²) in [6, 6.07) is 10.4. The molecule has 0 spiro atoms. The lowest BCUT2D eigenvalue weighted by atomic mass is 10.1. The summed E-state index contributed by atoms with van der Waals surface area (Å²) in [6.07, 6.45) is 12.9. The number of aliphatic hydroxyl groups excluding tert-OH is 1. The molecule has 1 heteroatoms. The molecule has 1 N–H and O–H groups in total. The zero-order valence-electron chi connectivity index (χ0n) is 10.6. The summed E-state index contributed by atoms with van der Waals surface area (Å²) >= 11 is 0. The fourth-order valence-electron chi connectivity index (χ4n) is 1.86. The minimum absolute atomic E-state index is 0.347. The van der Waals surface area contributed by atoms with Crippen LogP contribution in [0.25, 0.3) is 6.08 Å². The first kappa shape index (κ1) is 14.0. The van der Waals surface area contributed by atoms with Crippen molar-refractivity contribution in [3.05, 3.63) is 42.0 Å². The fourth-order valence-corrected chi connectivity index (χ4v) is 1.86. The Morgan fingerprint density at radius 3 is 2.18 bits per heavy atom. The van der Waals surface area contributed by atoms with Crippen molar-refractivity contribution in [3.63, 3.8) is 0 Å². The number of rotatable bonds is 9. The third-order valence-electron chi connectivity index (χ3n) is 2.89. The van der Waals surface area contributed by atoms with E-state index in [1.165, 1.54) is 44.1 Å². The molecule has 0 aromatic heterocycles. The average molecular weight is 232 g/mol. The monoisotopic (exact) mass is 232 g/mol. The highest BCUT2D eigenvalue weighted by molar-refractivity contribution is 5.48. The van der Waals surface area contributed by atoms with Crippen molar-refractivity contribution < 1.29 is 5.11 Å². The van der Waals surface area contributed by atoms with Gasteiger partial charge in [0, 0.05) is 6.61 Å². The quantitative estimate of drug-likeness (QED) is 0.625. The van der Waals surface area contributed by atoms with Crippen molar-refractivity contribution in [2.45, 2.75) is 44.9 Å². The molecule has 0 unspecified atom stereocenters. The van der Waals surface area contributed by atoms with Gasteiger partial charge >= 0.3 is 0 Å². The molecule has 0 bridgehead atoms. The molecule has 1 rings (SSSR count). The van der Waals surface area contributed by atoms with Crippen LogP contribution in [0.1, 0.15) is 50.5 Å². The molecule has 0 heterocycles. The number of hydrogen-bond acceptors (Lipinski definition) is 1. The summed E-state index contributed by atoms with van der Waals surface area (Å²) < 4.78 is 0. The highest BCUT2D eigenvalue weighted by Crippen LogP contribution is 2.08. The number of allylic oxidation sites excluding steroid dienone is 1. The maximum Gasteiger partial charge on any atom is 0.0431 e. The van der Waals surface area contributed by atoms with Gasteiger partial charge in [0.05, 0.1) is 0 Å². The Morgan fingerprint density at radius 1 is 0.824 bits per heavy atom. The molecule has 0 amide bonds. The molecule has 94 valence electrons. The van der Waals surface area contributed by atoms with Crippen LogP contribution in [-0.2, 0) is 0 Å². The Bertz CT molecular complexity index is 290. The van der Waals surface area contributed by atoms with E-state index in [0.717, 1.165) is 6.42 Å². The molecular formula is C16H24O. The Balaban J connectivity index is 1.95. The minimum Gasteiger partial charge on any atom is -0.396 e. The lowest BCUT2D eigenvalue weighted by molar-refractivity contribution is 0.282. The van der Waals surface area contributed by atoms with Gasteiger partial charge in [-0.2, -0.15) is 0 Å². The lowest BCUT2D eigenvalue weighted by Crippen LogP contribution is -1.83. The zero-order chi connectivity index (χ0) is 12.2. The van der Waals surface area contributed by atoms with Crippen LogP contribution >= 0.6 is 0 Å². The van der Waals surface area contributed by atoms with Crippen LogP contribution in [-0.4, -0.2) is 11.7 Å². The van der Waals surface area contributed by atoms with Crippen molar-refractivity contribution >= 4 is 6.08 Å². The number of aliphatic hydroxyl groups is 1.